The Bertz CT molecular complexity index is 262. The average molecular weight is 266 g/mol. The highest BCUT2D eigenvalue weighted by Gasteiger charge is 2.29. The van der Waals surface area contributed by atoms with Crippen LogP contribution in [0.25, 0.3) is 0 Å². The Hall–Kier alpha value is -0.500. The van der Waals surface area contributed by atoms with E-state index in [9.17, 15) is 0 Å². The van der Waals surface area contributed by atoms with Crippen molar-refractivity contribution in [2.24, 2.45) is 11.3 Å². The lowest BCUT2D eigenvalue weighted by Crippen LogP contribution is -2.40. The van der Waals surface area contributed by atoms with Crippen LogP contribution in [0.4, 0.5) is 0 Å². The predicted molar refractivity (Wildman–Crippen MR) is 85.3 cm³/mol. The highest BCUT2D eigenvalue weighted by Crippen LogP contribution is 2.36. The summed E-state index contributed by atoms with van der Waals surface area (Å²) in [7, 11) is 1.96. The van der Waals surface area contributed by atoms with E-state index >= 15 is 0 Å². The highest BCUT2D eigenvalue weighted by molar-refractivity contribution is 4.95. The Morgan fingerprint density at radius 2 is 1.89 bits per heavy atom. The molecule has 1 aliphatic heterocycles. The molecule has 0 atom stereocenters. The second-order valence-corrected chi connectivity index (χ2v) is 7.08. The molecule has 112 valence electrons. The van der Waals surface area contributed by atoms with E-state index < -0.39 is 0 Å². The number of rotatable bonds is 8. The van der Waals surface area contributed by atoms with Gasteiger partial charge in [0.2, 0.25) is 0 Å². The SMILES string of the molecule is C=C(CN1CCC(C)(CCCCC(C)C)CC1)NC. The quantitative estimate of drug-likeness (QED) is 0.667. The van der Waals surface area contributed by atoms with Crippen LogP contribution in [0.5, 0.6) is 0 Å². The lowest BCUT2D eigenvalue weighted by molar-refractivity contribution is 0.113. The standard InChI is InChI=1S/C17H34N2/c1-15(2)8-6-7-9-17(4)10-12-19(13-11-17)14-16(3)18-5/h15,18H,3,6-14H2,1-2,4-5H3. The van der Waals surface area contributed by atoms with Crippen LogP contribution in [0.3, 0.4) is 0 Å². The van der Waals surface area contributed by atoms with Crippen molar-refractivity contribution < 1.29 is 0 Å². The first kappa shape index (κ1) is 16.6. The molecule has 0 aromatic rings. The lowest BCUT2D eigenvalue weighted by atomic mass is 9.76. The van der Waals surface area contributed by atoms with Gasteiger partial charge in [-0.2, -0.15) is 0 Å². The van der Waals surface area contributed by atoms with Crippen LogP contribution < -0.4 is 5.32 Å². The molecule has 2 heteroatoms. The van der Waals surface area contributed by atoms with Crippen molar-refractivity contribution in [1.29, 1.82) is 0 Å². The number of hydrogen-bond donors (Lipinski definition) is 1. The third-order valence-electron chi connectivity index (χ3n) is 4.64. The van der Waals surface area contributed by atoms with Crippen molar-refractivity contribution in [2.45, 2.75) is 59.3 Å². The molecule has 1 fully saturated rings. The summed E-state index contributed by atoms with van der Waals surface area (Å²) in [5.41, 5.74) is 1.73. The molecule has 1 rings (SSSR count). The van der Waals surface area contributed by atoms with Gasteiger partial charge in [0, 0.05) is 19.3 Å². The maximum atomic E-state index is 4.03. The maximum Gasteiger partial charge on any atom is 0.0375 e. The predicted octanol–water partition coefficient (Wildman–Crippen LogP) is 4.04. The molecule has 1 aliphatic rings. The number of nitrogens with zero attached hydrogens (tertiary/aromatic N) is 1. The Kier molecular flexibility index (Phi) is 6.92. The van der Waals surface area contributed by atoms with Gasteiger partial charge in [0.15, 0.2) is 0 Å². The van der Waals surface area contributed by atoms with Crippen molar-refractivity contribution in [1.82, 2.24) is 10.2 Å². The first-order valence-electron chi connectivity index (χ1n) is 8.03. The average Bonchev–Trinajstić information content (AvgIpc) is 2.37. The van der Waals surface area contributed by atoms with E-state index in [2.05, 4.69) is 37.6 Å². The van der Waals surface area contributed by atoms with Gasteiger partial charge < -0.3 is 5.32 Å². The Balaban J connectivity index is 2.21. The Labute approximate surface area is 120 Å². The first-order chi connectivity index (χ1) is 8.95. The van der Waals surface area contributed by atoms with Gasteiger partial charge in [-0.25, -0.2) is 0 Å². The van der Waals surface area contributed by atoms with Crippen LogP contribution in [-0.4, -0.2) is 31.6 Å². The van der Waals surface area contributed by atoms with E-state index in [0.717, 1.165) is 18.2 Å². The Morgan fingerprint density at radius 1 is 1.26 bits per heavy atom. The van der Waals surface area contributed by atoms with Crippen molar-refractivity contribution in [3.8, 4) is 0 Å². The summed E-state index contributed by atoms with van der Waals surface area (Å²) in [6, 6.07) is 0. The molecular formula is C17H34N2. The molecule has 0 aromatic carbocycles. The molecule has 2 nitrogen and oxygen atoms in total. The van der Waals surface area contributed by atoms with Gasteiger partial charge in [-0.15, -0.1) is 0 Å². The molecule has 0 aromatic heterocycles. The van der Waals surface area contributed by atoms with Gasteiger partial charge in [0.05, 0.1) is 0 Å². The summed E-state index contributed by atoms with van der Waals surface area (Å²) in [5.74, 6) is 0.863. The minimum atomic E-state index is 0.592. The third-order valence-corrected chi connectivity index (χ3v) is 4.64. The number of piperidine rings is 1. The van der Waals surface area contributed by atoms with Gasteiger partial charge >= 0.3 is 0 Å². The van der Waals surface area contributed by atoms with Crippen LogP contribution in [0.15, 0.2) is 12.3 Å². The number of unbranched alkanes of at least 4 members (excludes halogenated alkanes) is 1. The zero-order valence-electron chi connectivity index (χ0n) is 13.6. The zero-order chi connectivity index (χ0) is 14.3. The lowest BCUT2D eigenvalue weighted by Gasteiger charge is -2.40. The second kappa shape index (κ2) is 7.94. The molecule has 0 bridgehead atoms. The van der Waals surface area contributed by atoms with Crippen LogP contribution in [-0.2, 0) is 0 Å². The van der Waals surface area contributed by atoms with Gasteiger partial charge in [-0.3, -0.25) is 4.90 Å². The fourth-order valence-electron chi connectivity index (χ4n) is 2.95. The number of hydrogen-bond acceptors (Lipinski definition) is 2. The minimum absolute atomic E-state index is 0.592. The van der Waals surface area contributed by atoms with Gasteiger partial charge in [0.1, 0.15) is 0 Å². The van der Waals surface area contributed by atoms with E-state index in [1.807, 2.05) is 7.05 Å². The topological polar surface area (TPSA) is 15.3 Å². The van der Waals surface area contributed by atoms with Crippen LogP contribution in [0, 0.1) is 11.3 Å². The van der Waals surface area contributed by atoms with E-state index in [0.29, 0.717) is 5.41 Å². The summed E-state index contributed by atoms with van der Waals surface area (Å²) in [6.07, 6.45) is 8.34. The highest BCUT2D eigenvalue weighted by atomic mass is 15.1. The van der Waals surface area contributed by atoms with E-state index in [1.54, 1.807) is 0 Å². The van der Waals surface area contributed by atoms with Crippen molar-refractivity contribution in [3.63, 3.8) is 0 Å². The van der Waals surface area contributed by atoms with E-state index in [4.69, 9.17) is 0 Å². The Morgan fingerprint density at radius 3 is 2.42 bits per heavy atom. The molecule has 1 saturated heterocycles. The van der Waals surface area contributed by atoms with Crippen LogP contribution in [0.1, 0.15) is 59.3 Å². The molecule has 0 amide bonds. The number of likely N-dealkylation sites (N-methyl/N-ethyl adjacent to an activating group) is 1. The summed E-state index contributed by atoms with van der Waals surface area (Å²) in [4.78, 5) is 2.54. The fraction of sp³-hybridized carbons (Fsp3) is 0.882. The van der Waals surface area contributed by atoms with E-state index in [-0.39, 0.29) is 0 Å². The molecule has 19 heavy (non-hydrogen) atoms. The van der Waals surface area contributed by atoms with Gasteiger partial charge in [-0.05, 0) is 43.7 Å². The molecule has 0 aliphatic carbocycles. The molecule has 0 spiro atoms. The van der Waals surface area contributed by atoms with Crippen molar-refractivity contribution in [2.75, 3.05) is 26.7 Å². The van der Waals surface area contributed by atoms with Gasteiger partial charge in [0.25, 0.3) is 0 Å². The summed E-state index contributed by atoms with van der Waals surface area (Å²) >= 11 is 0. The van der Waals surface area contributed by atoms with E-state index in [1.165, 1.54) is 51.6 Å². The molecule has 1 heterocycles. The number of likely N-dealkylation sites (tertiary alicyclic amines) is 1. The maximum absolute atomic E-state index is 4.03. The molecular weight excluding hydrogens is 232 g/mol. The summed E-state index contributed by atoms with van der Waals surface area (Å²) < 4.78 is 0. The molecule has 0 saturated carbocycles. The zero-order valence-corrected chi connectivity index (χ0v) is 13.6. The first-order valence-corrected chi connectivity index (χ1v) is 8.03. The largest absolute Gasteiger partial charge is 0.391 e. The molecule has 0 unspecified atom stereocenters. The fourth-order valence-corrected chi connectivity index (χ4v) is 2.95. The van der Waals surface area contributed by atoms with Crippen molar-refractivity contribution >= 4 is 0 Å². The smallest absolute Gasteiger partial charge is 0.0375 e. The molecule has 0 radical (unpaired) electrons. The third kappa shape index (κ3) is 6.47. The normalized spacial score (nSPS) is 19.6. The van der Waals surface area contributed by atoms with Crippen molar-refractivity contribution in [3.05, 3.63) is 12.3 Å². The van der Waals surface area contributed by atoms with Gasteiger partial charge in [-0.1, -0.05) is 46.6 Å². The summed E-state index contributed by atoms with van der Waals surface area (Å²) in [6.45, 7) is 14.7. The monoisotopic (exact) mass is 266 g/mol. The van der Waals surface area contributed by atoms with Crippen LogP contribution >= 0.6 is 0 Å². The molecule has 1 N–H and O–H groups in total. The number of nitrogens with one attached hydrogen (secondary N) is 1. The minimum Gasteiger partial charge on any atom is -0.391 e. The van der Waals surface area contributed by atoms with Crippen LogP contribution in [0.2, 0.25) is 0 Å². The summed E-state index contributed by atoms with van der Waals surface area (Å²) in [5, 5.41) is 3.15. The second-order valence-electron chi connectivity index (χ2n) is 7.08.